The summed E-state index contributed by atoms with van der Waals surface area (Å²) >= 11 is 0. The summed E-state index contributed by atoms with van der Waals surface area (Å²) in [6.07, 6.45) is -4.56. The highest BCUT2D eigenvalue weighted by molar-refractivity contribution is 6.10. The van der Waals surface area contributed by atoms with Crippen LogP contribution in [-0.2, 0) is 12.7 Å². The van der Waals surface area contributed by atoms with Gasteiger partial charge in [-0.1, -0.05) is 42.5 Å². The van der Waals surface area contributed by atoms with Crippen LogP contribution in [0.1, 0.15) is 27.0 Å². The van der Waals surface area contributed by atoms with Crippen molar-refractivity contribution in [1.29, 1.82) is 0 Å². The van der Waals surface area contributed by atoms with E-state index in [4.69, 9.17) is 0 Å². The molecule has 1 fully saturated rings. The average Bonchev–Trinajstić information content (AvgIpc) is 2.63. The highest BCUT2D eigenvalue weighted by Crippen LogP contribution is 2.33. The van der Waals surface area contributed by atoms with Crippen molar-refractivity contribution in [1.82, 2.24) is 9.80 Å². The lowest BCUT2D eigenvalue weighted by Crippen LogP contribution is -2.44. The molecule has 138 valence electrons. The Kier molecular flexibility index (Phi) is 5.44. The third kappa shape index (κ3) is 4.14. The van der Waals surface area contributed by atoms with Crippen LogP contribution in [0.5, 0.6) is 0 Å². The Bertz CT molecular complexity index is 781. The van der Waals surface area contributed by atoms with Gasteiger partial charge in [0, 0.05) is 43.9 Å². The second kappa shape index (κ2) is 7.60. The van der Waals surface area contributed by atoms with Gasteiger partial charge in [0.2, 0.25) is 0 Å². The number of ketones is 1. The zero-order valence-electron chi connectivity index (χ0n) is 14.6. The van der Waals surface area contributed by atoms with E-state index in [-0.39, 0.29) is 5.56 Å². The van der Waals surface area contributed by atoms with Crippen molar-refractivity contribution in [2.45, 2.75) is 12.7 Å². The predicted molar refractivity (Wildman–Crippen MR) is 94.1 cm³/mol. The number of piperazine rings is 1. The fraction of sp³-hybridized carbons (Fsp3) is 0.350. The normalized spacial score (nSPS) is 16.6. The number of rotatable bonds is 4. The molecule has 0 bridgehead atoms. The SMILES string of the molecule is CN1CCN(Cc2ccccc2C(=O)c2ccccc2C(F)(F)F)CC1. The molecule has 1 heterocycles. The summed E-state index contributed by atoms with van der Waals surface area (Å²) < 4.78 is 39.8. The molecule has 1 aliphatic heterocycles. The van der Waals surface area contributed by atoms with E-state index in [9.17, 15) is 18.0 Å². The lowest BCUT2D eigenvalue weighted by Gasteiger charge is -2.32. The maximum atomic E-state index is 13.3. The van der Waals surface area contributed by atoms with E-state index in [1.807, 2.05) is 12.1 Å². The van der Waals surface area contributed by atoms with Crippen LogP contribution < -0.4 is 0 Å². The average molecular weight is 362 g/mol. The summed E-state index contributed by atoms with van der Waals surface area (Å²) in [5.74, 6) is -0.581. The summed E-state index contributed by atoms with van der Waals surface area (Å²) in [6.45, 7) is 4.18. The molecule has 1 aliphatic rings. The molecular weight excluding hydrogens is 341 g/mol. The molecule has 0 radical (unpaired) electrons. The van der Waals surface area contributed by atoms with E-state index in [1.54, 1.807) is 12.1 Å². The largest absolute Gasteiger partial charge is 0.417 e. The van der Waals surface area contributed by atoms with Gasteiger partial charge in [-0.2, -0.15) is 13.2 Å². The van der Waals surface area contributed by atoms with E-state index >= 15 is 0 Å². The quantitative estimate of drug-likeness (QED) is 0.775. The Morgan fingerprint density at radius 2 is 1.50 bits per heavy atom. The highest BCUT2D eigenvalue weighted by atomic mass is 19.4. The molecule has 2 aromatic carbocycles. The van der Waals surface area contributed by atoms with Gasteiger partial charge in [-0.15, -0.1) is 0 Å². The topological polar surface area (TPSA) is 23.6 Å². The zero-order chi connectivity index (χ0) is 18.7. The summed E-state index contributed by atoms with van der Waals surface area (Å²) in [5.41, 5.74) is -0.0904. The molecule has 0 saturated carbocycles. The summed E-state index contributed by atoms with van der Waals surface area (Å²) in [5, 5.41) is 0. The van der Waals surface area contributed by atoms with Gasteiger partial charge in [0.05, 0.1) is 5.56 Å². The molecular formula is C20H21F3N2O. The van der Waals surface area contributed by atoms with Crippen LogP contribution in [-0.4, -0.2) is 48.8 Å². The molecule has 0 N–H and O–H groups in total. The molecule has 3 nitrogen and oxygen atoms in total. The van der Waals surface area contributed by atoms with Gasteiger partial charge in [0.25, 0.3) is 0 Å². The minimum atomic E-state index is -4.56. The van der Waals surface area contributed by atoms with Crippen molar-refractivity contribution in [3.8, 4) is 0 Å². The van der Waals surface area contributed by atoms with Crippen LogP contribution in [0.4, 0.5) is 13.2 Å². The Hall–Kier alpha value is -2.18. The van der Waals surface area contributed by atoms with Gasteiger partial charge in [-0.25, -0.2) is 0 Å². The van der Waals surface area contributed by atoms with E-state index < -0.39 is 17.5 Å². The molecule has 1 saturated heterocycles. The van der Waals surface area contributed by atoms with E-state index in [1.165, 1.54) is 18.2 Å². The Balaban J connectivity index is 1.90. The maximum absolute atomic E-state index is 13.3. The summed E-state index contributed by atoms with van der Waals surface area (Å²) in [6, 6.07) is 11.9. The first kappa shape index (κ1) is 18.6. The molecule has 0 amide bonds. The lowest BCUT2D eigenvalue weighted by molar-refractivity contribution is -0.137. The van der Waals surface area contributed by atoms with Gasteiger partial charge in [-0.3, -0.25) is 9.69 Å². The summed E-state index contributed by atoms with van der Waals surface area (Å²) in [7, 11) is 2.06. The van der Waals surface area contributed by atoms with Crippen molar-refractivity contribution >= 4 is 5.78 Å². The third-order valence-electron chi connectivity index (χ3n) is 4.73. The number of carbonyl (C=O) groups is 1. The van der Waals surface area contributed by atoms with Crippen molar-refractivity contribution in [3.63, 3.8) is 0 Å². The Morgan fingerprint density at radius 3 is 2.15 bits per heavy atom. The zero-order valence-corrected chi connectivity index (χ0v) is 14.6. The number of carbonyl (C=O) groups excluding carboxylic acids is 1. The van der Waals surface area contributed by atoms with Crippen LogP contribution in [0.2, 0.25) is 0 Å². The first-order chi connectivity index (χ1) is 12.4. The minimum Gasteiger partial charge on any atom is -0.304 e. The van der Waals surface area contributed by atoms with Crippen molar-refractivity contribution in [3.05, 3.63) is 70.8 Å². The number of halogens is 3. The standard InChI is InChI=1S/C20H21F3N2O/c1-24-10-12-25(13-11-24)14-15-6-2-3-7-16(15)19(26)17-8-4-5-9-18(17)20(21,22)23/h2-9H,10-14H2,1H3. The molecule has 3 rings (SSSR count). The molecule has 6 heteroatoms. The molecule has 2 aromatic rings. The number of nitrogens with zero attached hydrogens (tertiary/aromatic N) is 2. The van der Waals surface area contributed by atoms with E-state index in [0.717, 1.165) is 37.8 Å². The van der Waals surface area contributed by atoms with Crippen molar-refractivity contribution in [2.75, 3.05) is 33.2 Å². The minimum absolute atomic E-state index is 0.300. The second-order valence-corrected chi connectivity index (χ2v) is 6.61. The van der Waals surface area contributed by atoms with Gasteiger partial charge in [0.1, 0.15) is 0 Å². The third-order valence-corrected chi connectivity index (χ3v) is 4.73. The van der Waals surface area contributed by atoms with Crippen LogP contribution in [0, 0.1) is 0 Å². The molecule has 0 aromatic heterocycles. The van der Waals surface area contributed by atoms with Gasteiger partial charge in [0.15, 0.2) is 5.78 Å². The number of hydrogen-bond acceptors (Lipinski definition) is 3. The molecule has 26 heavy (non-hydrogen) atoms. The van der Waals surface area contributed by atoms with Gasteiger partial charge in [-0.05, 0) is 18.7 Å². The smallest absolute Gasteiger partial charge is 0.304 e. The molecule has 0 atom stereocenters. The fourth-order valence-corrected chi connectivity index (χ4v) is 3.20. The Morgan fingerprint density at radius 1 is 0.923 bits per heavy atom. The van der Waals surface area contributed by atoms with Crippen LogP contribution >= 0.6 is 0 Å². The summed E-state index contributed by atoms with van der Waals surface area (Å²) in [4.78, 5) is 17.4. The van der Waals surface area contributed by atoms with Gasteiger partial charge >= 0.3 is 6.18 Å². The lowest BCUT2D eigenvalue weighted by atomic mass is 9.94. The number of alkyl halides is 3. The van der Waals surface area contributed by atoms with E-state index in [2.05, 4.69) is 16.8 Å². The van der Waals surface area contributed by atoms with Gasteiger partial charge < -0.3 is 4.90 Å². The van der Waals surface area contributed by atoms with Crippen LogP contribution in [0.25, 0.3) is 0 Å². The molecule has 0 spiro atoms. The van der Waals surface area contributed by atoms with E-state index in [0.29, 0.717) is 12.1 Å². The monoisotopic (exact) mass is 362 g/mol. The second-order valence-electron chi connectivity index (χ2n) is 6.61. The van der Waals surface area contributed by atoms with Crippen LogP contribution in [0.3, 0.4) is 0 Å². The molecule has 0 aliphatic carbocycles. The van der Waals surface area contributed by atoms with Crippen LogP contribution in [0.15, 0.2) is 48.5 Å². The predicted octanol–water partition coefficient (Wildman–Crippen LogP) is 3.68. The van der Waals surface area contributed by atoms with Crippen molar-refractivity contribution < 1.29 is 18.0 Å². The first-order valence-electron chi connectivity index (χ1n) is 8.56. The first-order valence-corrected chi connectivity index (χ1v) is 8.56. The number of likely N-dealkylation sites (N-methyl/N-ethyl adjacent to an activating group) is 1. The highest BCUT2D eigenvalue weighted by Gasteiger charge is 2.35. The van der Waals surface area contributed by atoms with Crippen molar-refractivity contribution in [2.24, 2.45) is 0 Å². The Labute approximate surface area is 151 Å². The number of hydrogen-bond donors (Lipinski definition) is 0. The number of benzene rings is 2. The maximum Gasteiger partial charge on any atom is 0.417 e. The fourth-order valence-electron chi connectivity index (χ4n) is 3.20. The molecule has 0 unspecified atom stereocenters.